The number of nitrogens with one attached hydrogen (secondary N) is 1. The molecule has 2 aliphatic rings. The van der Waals surface area contributed by atoms with Gasteiger partial charge in [-0.3, -0.25) is 9.36 Å². The Hall–Kier alpha value is -2.21. The van der Waals surface area contributed by atoms with Crippen LogP contribution in [0, 0.1) is 13.8 Å². The van der Waals surface area contributed by atoms with Gasteiger partial charge in [0.15, 0.2) is 0 Å². The number of aromatic nitrogens is 2. The van der Waals surface area contributed by atoms with Gasteiger partial charge < -0.3 is 10.2 Å². The Morgan fingerprint density at radius 3 is 2.62 bits per heavy atom. The zero-order chi connectivity index (χ0) is 14.9. The minimum Gasteiger partial charge on any atom is -0.346 e. The van der Waals surface area contributed by atoms with Crippen LogP contribution in [-0.4, -0.2) is 15.2 Å². The molecule has 0 aliphatic carbocycles. The highest BCUT2D eigenvalue weighted by Crippen LogP contribution is 2.44. The summed E-state index contributed by atoms with van der Waals surface area (Å²) in [6.07, 6.45) is 0. The molecule has 6 nitrogen and oxygen atoms in total. The van der Waals surface area contributed by atoms with Crippen molar-refractivity contribution in [1.29, 1.82) is 0 Å². The topological polar surface area (TPSA) is 59.3 Å². The third kappa shape index (κ3) is 1.48. The van der Waals surface area contributed by atoms with Crippen molar-refractivity contribution >= 4 is 34.7 Å². The maximum Gasteiger partial charge on any atom is 0.347 e. The third-order valence-electron chi connectivity index (χ3n) is 4.24. The number of aryl methyl sites for hydroxylation is 2. The van der Waals surface area contributed by atoms with Gasteiger partial charge in [-0.25, -0.2) is 4.79 Å². The minimum atomic E-state index is -0.510. The first-order valence-electron chi connectivity index (χ1n) is 6.71. The number of anilines is 4. The molecule has 4 rings (SSSR count). The summed E-state index contributed by atoms with van der Waals surface area (Å²) in [5, 5.41) is 3.14. The molecule has 0 fully saturated rings. The van der Waals surface area contributed by atoms with Crippen molar-refractivity contribution in [3.63, 3.8) is 0 Å². The molecular weight excluding hydrogens is 292 g/mol. The van der Waals surface area contributed by atoms with Gasteiger partial charge in [-0.15, -0.1) is 0 Å². The van der Waals surface area contributed by atoms with Crippen molar-refractivity contribution in [1.82, 2.24) is 8.65 Å². The predicted octanol–water partition coefficient (Wildman–Crippen LogP) is 1.84. The molecule has 0 amide bonds. The van der Waals surface area contributed by atoms with Crippen LogP contribution in [0.4, 0.5) is 22.9 Å². The Balaban J connectivity index is 2.07. The molecule has 1 aromatic carbocycles. The van der Waals surface area contributed by atoms with E-state index in [4.69, 9.17) is 11.8 Å². The normalized spacial score (nSPS) is 14.7. The van der Waals surface area contributed by atoms with Gasteiger partial charge in [-0.05, 0) is 37.1 Å². The summed E-state index contributed by atoms with van der Waals surface area (Å²) in [6.45, 7) is 5.24. The van der Waals surface area contributed by atoms with Crippen LogP contribution in [0.1, 0.15) is 11.1 Å². The summed E-state index contributed by atoms with van der Waals surface area (Å²) in [4.78, 5) is 26.3. The van der Waals surface area contributed by atoms with Gasteiger partial charge in [0.05, 0.1) is 11.4 Å². The van der Waals surface area contributed by atoms with Gasteiger partial charge in [0.25, 0.3) is 5.56 Å². The van der Waals surface area contributed by atoms with E-state index in [0.29, 0.717) is 28.7 Å². The van der Waals surface area contributed by atoms with Gasteiger partial charge >= 0.3 is 5.69 Å². The summed E-state index contributed by atoms with van der Waals surface area (Å²) in [7, 11) is 0. The van der Waals surface area contributed by atoms with Gasteiger partial charge in [-0.2, -0.15) is 4.09 Å². The van der Waals surface area contributed by atoms with Gasteiger partial charge in [-0.1, -0.05) is 0 Å². The zero-order valence-corrected chi connectivity index (χ0v) is 12.4. The highest BCUT2D eigenvalue weighted by Gasteiger charge is 2.34. The Kier molecular flexibility index (Phi) is 2.34. The number of rotatable bonds is 0. The Morgan fingerprint density at radius 1 is 1.14 bits per heavy atom. The van der Waals surface area contributed by atoms with Crippen molar-refractivity contribution in [2.24, 2.45) is 0 Å². The first-order chi connectivity index (χ1) is 9.99. The molecule has 3 heterocycles. The van der Waals surface area contributed by atoms with Gasteiger partial charge in [0.1, 0.15) is 11.5 Å². The van der Waals surface area contributed by atoms with E-state index in [1.165, 1.54) is 10.1 Å². The van der Waals surface area contributed by atoms with Crippen LogP contribution in [0.15, 0.2) is 21.7 Å². The van der Waals surface area contributed by atoms with Crippen LogP contribution in [0.5, 0.6) is 0 Å². The molecular formula is C14H13ClN4O2. The van der Waals surface area contributed by atoms with Crippen LogP contribution in [0.2, 0.25) is 0 Å². The standard InChI is InChI=1S/C14H13ClN4O2/c1-7-5-9-10(6-8(7)2)17-3-4-18-12(17)11(16-9)13(20)19(15)14(18)21/h5-6,16H,3-4H2,1-2H3. The maximum atomic E-state index is 12.2. The summed E-state index contributed by atoms with van der Waals surface area (Å²) in [5.74, 6) is 0.609. The molecule has 2 aromatic rings. The lowest BCUT2D eigenvalue weighted by atomic mass is 10.1. The van der Waals surface area contributed by atoms with E-state index >= 15 is 0 Å². The van der Waals surface area contributed by atoms with E-state index in [9.17, 15) is 9.59 Å². The second-order valence-electron chi connectivity index (χ2n) is 5.45. The zero-order valence-electron chi connectivity index (χ0n) is 11.6. The molecule has 1 N–H and O–H groups in total. The van der Waals surface area contributed by atoms with Crippen LogP contribution in [0.3, 0.4) is 0 Å². The molecule has 0 radical (unpaired) electrons. The fourth-order valence-corrected chi connectivity index (χ4v) is 3.18. The number of halogens is 1. The molecule has 2 aliphatic heterocycles. The lowest BCUT2D eigenvalue weighted by molar-refractivity contribution is 0.721. The minimum absolute atomic E-state index is 0.359. The van der Waals surface area contributed by atoms with E-state index in [-0.39, 0.29) is 0 Å². The van der Waals surface area contributed by atoms with E-state index < -0.39 is 11.2 Å². The largest absolute Gasteiger partial charge is 0.347 e. The third-order valence-corrected chi connectivity index (χ3v) is 4.53. The number of hydrogen-bond donors (Lipinski definition) is 1. The first kappa shape index (κ1) is 12.5. The van der Waals surface area contributed by atoms with Crippen LogP contribution in [0.25, 0.3) is 0 Å². The SMILES string of the molecule is Cc1cc2c(cc1C)N1CCn3c1c(c(=O)n(Cl)c3=O)N2. The van der Waals surface area contributed by atoms with Crippen molar-refractivity contribution < 1.29 is 0 Å². The number of benzene rings is 1. The van der Waals surface area contributed by atoms with Crippen molar-refractivity contribution in [2.45, 2.75) is 20.4 Å². The monoisotopic (exact) mass is 304 g/mol. The predicted molar refractivity (Wildman–Crippen MR) is 82.4 cm³/mol. The molecule has 21 heavy (non-hydrogen) atoms. The molecule has 0 saturated carbocycles. The fourth-order valence-electron chi connectivity index (χ4n) is 3.00. The highest BCUT2D eigenvalue weighted by atomic mass is 35.5. The van der Waals surface area contributed by atoms with Crippen LogP contribution in [-0.2, 0) is 6.54 Å². The maximum absolute atomic E-state index is 12.2. The van der Waals surface area contributed by atoms with E-state index in [2.05, 4.69) is 11.4 Å². The lowest BCUT2D eigenvalue weighted by Gasteiger charge is -2.30. The van der Waals surface area contributed by atoms with E-state index in [1.807, 2.05) is 24.8 Å². The number of nitrogens with zero attached hydrogens (tertiary/aromatic N) is 3. The molecule has 7 heteroatoms. The summed E-state index contributed by atoms with van der Waals surface area (Å²) >= 11 is 5.81. The van der Waals surface area contributed by atoms with Crippen LogP contribution >= 0.6 is 11.8 Å². The fraction of sp³-hybridized carbons (Fsp3) is 0.286. The average Bonchev–Trinajstić information content (AvgIpc) is 2.90. The van der Waals surface area contributed by atoms with Crippen molar-refractivity contribution in [3.05, 3.63) is 44.1 Å². The molecule has 0 bridgehead atoms. The quantitative estimate of drug-likeness (QED) is 0.807. The van der Waals surface area contributed by atoms with E-state index in [1.54, 1.807) is 0 Å². The second-order valence-corrected chi connectivity index (χ2v) is 5.79. The molecule has 108 valence electrons. The van der Waals surface area contributed by atoms with Crippen molar-refractivity contribution in [2.75, 3.05) is 16.8 Å². The summed E-state index contributed by atoms with van der Waals surface area (Å²) in [6, 6.07) is 4.09. The lowest BCUT2D eigenvalue weighted by Crippen LogP contribution is -2.37. The number of hydrogen-bond acceptors (Lipinski definition) is 4. The van der Waals surface area contributed by atoms with Crippen molar-refractivity contribution in [3.8, 4) is 0 Å². The summed E-state index contributed by atoms with van der Waals surface area (Å²) in [5.41, 5.74) is 3.53. The van der Waals surface area contributed by atoms with E-state index in [0.717, 1.165) is 16.9 Å². The average molecular weight is 305 g/mol. The number of fused-ring (bicyclic) bond motifs is 2. The molecule has 0 saturated heterocycles. The molecule has 0 unspecified atom stereocenters. The molecule has 0 spiro atoms. The first-order valence-corrected chi connectivity index (χ1v) is 7.04. The highest BCUT2D eigenvalue weighted by molar-refractivity contribution is 6.15. The Bertz CT molecular complexity index is 913. The Labute approximate surface area is 125 Å². The molecule has 0 atom stereocenters. The van der Waals surface area contributed by atoms with Crippen LogP contribution < -0.4 is 21.5 Å². The smallest absolute Gasteiger partial charge is 0.346 e. The van der Waals surface area contributed by atoms with Gasteiger partial charge in [0.2, 0.25) is 0 Å². The van der Waals surface area contributed by atoms with Gasteiger partial charge in [0, 0.05) is 24.9 Å². The Morgan fingerprint density at radius 2 is 1.86 bits per heavy atom. The summed E-state index contributed by atoms with van der Waals surface area (Å²) < 4.78 is 2.18. The molecule has 1 aromatic heterocycles. The second kappa shape index (κ2) is 3.92.